The van der Waals surface area contributed by atoms with Crippen molar-refractivity contribution in [3.8, 4) is 11.8 Å². The molecule has 22 heavy (non-hydrogen) atoms. The highest BCUT2D eigenvalue weighted by atomic mass is 32.2. The Kier molecular flexibility index (Phi) is 5.62. The van der Waals surface area contributed by atoms with E-state index in [0.717, 1.165) is 18.8 Å². The predicted molar refractivity (Wildman–Crippen MR) is 85.8 cm³/mol. The van der Waals surface area contributed by atoms with Gasteiger partial charge in [0.15, 0.2) is 5.03 Å². The van der Waals surface area contributed by atoms with Crippen LogP contribution in [0.2, 0.25) is 0 Å². The maximum atomic E-state index is 12.2. The number of sulfonamides is 1. The summed E-state index contributed by atoms with van der Waals surface area (Å²) in [6, 6.07) is 0. The van der Waals surface area contributed by atoms with Gasteiger partial charge in [-0.15, -0.1) is 0 Å². The molecule has 0 bridgehead atoms. The van der Waals surface area contributed by atoms with Crippen LogP contribution in [0.5, 0.6) is 0 Å². The number of aromatic nitrogens is 2. The van der Waals surface area contributed by atoms with Gasteiger partial charge in [-0.3, -0.25) is 4.90 Å². The Bertz CT molecular complexity index is 663. The van der Waals surface area contributed by atoms with Crippen LogP contribution in [-0.2, 0) is 23.0 Å². The molecule has 0 amide bonds. The van der Waals surface area contributed by atoms with Gasteiger partial charge in [0, 0.05) is 19.2 Å². The van der Waals surface area contributed by atoms with Crippen LogP contribution < -0.4 is 4.72 Å². The second-order valence-electron chi connectivity index (χ2n) is 5.86. The van der Waals surface area contributed by atoms with E-state index in [1.54, 1.807) is 6.20 Å². The van der Waals surface area contributed by atoms with E-state index < -0.39 is 10.0 Å². The summed E-state index contributed by atoms with van der Waals surface area (Å²) >= 11 is 0. The van der Waals surface area contributed by atoms with Gasteiger partial charge in [-0.05, 0) is 32.9 Å². The molecule has 0 aromatic carbocycles. The molecule has 1 saturated carbocycles. The Hall–Kier alpha value is -1.36. The van der Waals surface area contributed by atoms with Crippen molar-refractivity contribution in [1.29, 1.82) is 0 Å². The largest absolute Gasteiger partial charge is 0.333 e. The number of hydrogen-bond acceptors (Lipinski definition) is 4. The fourth-order valence-electron chi connectivity index (χ4n) is 2.06. The third-order valence-corrected chi connectivity index (χ3v) is 4.72. The highest BCUT2D eigenvalue weighted by Gasteiger charge is 2.25. The van der Waals surface area contributed by atoms with E-state index in [2.05, 4.69) is 21.5 Å². The van der Waals surface area contributed by atoms with Gasteiger partial charge in [0.2, 0.25) is 0 Å². The molecule has 2 rings (SSSR count). The zero-order valence-corrected chi connectivity index (χ0v) is 14.3. The summed E-state index contributed by atoms with van der Waals surface area (Å²) in [4.78, 5) is 6.19. The Balaban J connectivity index is 2.01. The van der Waals surface area contributed by atoms with E-state index in [1.165, 1.54) is 12.8 Å². The normalized spacial score (nSPS) is 14.9. The van der Waals surface area contributed by atoms with Crippen molar-refractivity contribution < 1.29 is 8.42 Å². The van der Waals surface area contributed by atoms with Gasteiger partial charge in [-0.2, -0.15) is 4.72 Å². The lowest BCUT2D eigenvalue weighted by Crippen LogP contribution is -2.24. The summed E-state index contributed by atoms with van der Waals surface area (Å²) in [5.74, 6) is 7.20. The molecule has 0 aliphatic heterocycles. The lowest BCUT2D eigenvalue weighted by molar-refractivity contribution is 0.463. The molecule has 1 fully saturated rings. The van der Waals surface area contributed by atoms with E-state index in [-0.39, 0.29) is 11.6 Å². The topological polar surface area (TPSA) is 67.2 Å². The highest BCUT2D eigenvalue weighted by Crippen LogP contribution is 2.31. The first-order chi connectivity index (χ1) is 10.4. The molecule has 0 spiro atoms. The van der Waals surface area contributed by atoms with E-state index in [1.807, 2.05) is 30.5 Å². The van der Waals surface area contributed by atoms with Crippen molar-refractivity contribution in [1.82, 2.24) is 19.2 Å². The number of rotatable bonds is 7. The number of nitrogens with one attached hydrogen (secondary N) is 1. The highest BCUT2D eigenvalue weighted by molar-refractivity contribution is 7.89. The minimum atomic E-state index is -3.59. The maximum Gasteiger partial charge on any atom is 0.260 e. The van der Waals surface area contributed by atoms with E-state index in [9.17, 15) is 8.42 Å². The molecule has 1 aromatic rings. The van der Waals surface area contributed by atoms with Crippen molar-refractivity contribution in [2.45, 2.75) is 37.8 Å². The fourth-order valence-corrected chi connectivity index (χ4v) is 2.96. The van der Waals surface area contributed by atoms with Crippen molar-refractivity contribution in [2.24, 2.45) is 5.92 Å². The Morgan fingerprint density at radius 1 is 1.41 bits per heavy atom. The van der Waals surface area contributed by atoms with Crippen LogP contribution in [0.3, 0.4) is 0 Å². The third kappa shape index (κ3) is 4.83. The van der Waals surface area contributed by atoms with Gasteiger partial charge in [0.25, 0.3) is 10.0 Å². The van der Waals surface area contributed by atoms with Crippen molar-refractivity contribution in [2.75, 3.05) is 27.2 Å². The summed E-state index contributed by atoms with van der Waals surface area (Å²) in [5.41, 5.74) is 0. The van der Waals surface area contributed by atoms with Gasteiger partial charge < -0.3 is 4.57 Å². The zero-order valence-electron chi connectivity index (χ0n) is 13.5. The molecule has 1 aliphatic carbocycles. The predicted octanol–water partition coefficient (Wildman–Crippen LogP) is 0.699. The SMILES string of the molecule is CCc1nc(S(=O)(=O)NCC#CCN(C)C)cn1CC1CC1. The summed E-state index contributed by atoms with van der Waals surface area (Å²) in [6.07, 6.45) is 4.82. The van der Waals surface area contributed by atoms with E-state index in [4.69, 9.17) is 0 Å². The number of hydrogen-bond donors (Lipinski definition) is 1. The molecule has 0 radical (unpaired) electrons. The molecule has 1 heterocycles. The Morgan fingerprint density at radius 3 is 2.73 bits per heavy atom. The molecular weight excluding hydrogens is 300 g/mol. The first-order valence-corrected chi connectivity index (χ1v) is 9.07. The molecule has 0 atom stereocenters. The second-order valence-corrected chi connectivity index (χ2v) is 7.57. The number of aryl methyl sites for hydroxylation is 1. The summed E-state index contributed by atoms with van der Waals surface area (Å²) in [7, 11) is 0.242. The zero-order chi connectivity index (χ0) is 16.2. The molecule has 1 N–H and O–H groups in total. The molecular formula is C15H24N4O2S. The molecule has 122 valence electrons. The van der Waals surface area contributed by atoms with Crippen molar-refractivity contribution in [3.05, 3.63) is 12.0 Å². The number of imidazole rings is 1. The molecule has 0 saturated heterocycles. The monoisotopic (exact) mass is 324 g/mol. The average Bonchev–Trinajstić information content (AvgIpc) is 3.15. The lowest BCUT2D eigenvalue weighted by atomic mass is 10.4. The van der Waals surface area contributed by atoms with Gasteiger partial charge in [0.05, 0.1) is 13.1 Å². The minimum absolute atomic E-state index is 0.0967. The van der Waals surface area contributed by atoms with Gasteiger partial charge in [-0.25, -0.2) is 13.4 Å². The second kappa shape index (κ2) is 7.27. The van der Waals surface area contributed by atoms with Crippen LogP contribution in [0.4, 0.5) is 0 Å². The van der Waals surface area contributed by atoms with Crippen LogP contribution >= 0.6 is 0 Å². The van der Waals surface area contributed by atoms with Crippen molar-refractivity contribution in [3.63, 3.8) is 0 Å². The molecule has 1 aromatic heterocycles. The summed E-state index contributed by atoms with van der Waals surface area (Å²) < 4.78 is 29.0. The molecule has 1 aliphatic rings. The minimum Gasteiger partial charge on any atom is -0.333 e. The standard InChI is InChI=1S/C15H24N4O2S/c1-4-14-17-15(12-19(14)11-13-7-8-13)22(20,21)16-9-5-6-10-18(2)3/h12-13,16H,4,7-11H2,1-3H3. The Morgan fingerprint density at radius 2 is 2.14 bits per heavy atom. The smallest absolute Gasteiger partial charge is 0.260 e. The first-order valence-electron chi connectivity index (χ1n) is 7.58. The van der Waals surface area contributed by atoms with E-state index >= 15 is 0 Å². The van der Waals surface area contributed by atoms with Crippen molar-refractivity contribution >= 4 is 10.0 Å². The Labute approximate surface area is 133 Å². The first kappa shape index (κ1) is 17.0. The van der Waals surface area contributed by atoms with Crippen LogP contribution in [0, 0.1) is 17.8 Å². The van der Waals surface area contributed by atoms with Crippen LogP contribution in [0.1, 0.15) is 25.6 Å². The maximum absolute atomic E-state index is 12.2. The molecule has 6 nitrogen and oxygen atoms in total. The van der Waals surface area contributed by atoms with Gasteiger partial charge >= 0.3 is 0 Å². The quantitative estimate of drug-likeness (QED) is 0.750. The van der Waals surface area contributed by atoms with Crippen LogP contribution in [0.25, 0.3) is 0 Å². The van der Waals surface area contributed by atoms with Gasteiger partial charge in [0.1, 0.15) is 5.82 Å². The average molecular weight is 324 g/mol. The summed E-state index contributed by atoms with van der Waals surface area (Å²) in [6.45, 7) is 3.57. The van der Waals surface area contributed by atoms with E-state index in [0.29, 0.717) is 12.5 Å². The number of nitrogens with zero attached hydrogens (tertiary/aromatic N) is 3. The van der Waals surface area contributed by atoms with Crippen LogP contribution in [0.15, 0.2) is 11.2 Å². The van der Waals surface area contributed by atoms with Gasteiger partial charge in [-0.1, -0.05) is 18.8 Å². The third-order valence-electron chi connectivity index (χ3n) is 3.45. The fraction of sp³-hybridized carbons (Fsp3) is 0.667. The molecule has 0 unspecified atom stereocenters. The van der Waals surface area contributed by atoms with Crippen LogP contribution in [-0.4, -0.2) is 50.1 Å². The summed E-state index contributed by atoms with van der Waals surface area (Å²) in [5, 5.41) is 0.0967. The lowest BCUT2D eigenvalue weighted by Gasteiger charge is -2.03. The molecule has 7 heteroatoms.